The number of carbonyl (C=O) groups is 1. The maximum Gasteiger partial charge on any atom is 0.241 e. The van der Waals surface area contributed by atoms with Gasteiger partial charge in [0.05, 0.1) is 12.0 Å². The fraction of sp³-hybridized carbons (Fsp3) is 0.562. The van der Waals surface area contributed by atoms with Gasteiger partial charge in [-0.15, -0.1) is 0 Å². The molecule has 0 heterocycles. The summed E-state index contributed by atoms with van der Waals surface area (Å²) >= 11 is 0. The van der Waals surface area contributed by atoms with E-state index in [1.165, 1.54) is 19.2 Å². The number of benzene rings is 1. The predicted octanol–water partition coefficient (Wildman–Crippen LogP) is 2.01. The topological polar surface area (TPSA) is 75.7 Å². The number of carbonyl (C=O) groups excluding carboxylic acids is 1. The van der Waals surface area contributed by atoms with Crippen molar-refractivity contribution >= 4 is 15.9 Å². The van der Waals surface area contributed by atoms with Gasteiger partial charge in [0, 0.05) is 13.6 Å². The fourth-order valence-corrected chi connectivity index (χ4v) is 3.36. The summed E-state index contributed by atoms with van der Waals surface area (Å²) in [5.41, 5.74) is 0. The summed E-state index contributed by atoms with van der Waals surface area (Å²) in [5, 5.41) is 0. The van der Waals surface area contributed by atoms with E-state index < -0.39 is 16.1 Å². The average Bonchev–Trinajstić information content (AvgIpc) is 2.56. The lowest BCUT2D eigenvalue weighted by atomic mass is 10.2. The Bertz CT molecular complexity index is 599. The third-order valence-electron chi connectivity index (χ3n) is 3.60. The van der Waals surface area contributed by atoms with Crippen LogP contribution in [0.15, 0.2) is 29.2 Å². The summed E-state index contributed by atoms with van der Waals surface area (Å²) in [6, 6.07) is 5.30. The third-order valence-corrected chi connectivity index (χ3v) is 5.08. The third kappa shape index (κ3) is 5.51. The van der Waals surface area contributed by atoms with Gasteiger partial charge in [-0.1, -0.05) is 20.3 Å². The van der Waals surface area contributed by atoms with Crippen molar-refractivity contribution in [2.45, 2.75) is 44.0 Å². The van der Waals surface area contributed by atoms with E-state index in [2.05, 4.69) is 4.72 Å². The maximum absolute atomic E-state index is 12.4. The highest BCUT2D eigenvalue weighted by Gasteiger charge is 2.26. The van der Waals surface area contributed by atoms with Gasteiger partial charge < -0.3 is 9.64 Å². The summed E-state index contributed by atoms with van der Waals surface area (Å²) in [4.78, 5) is 14.1. The number of hydrogen-bond acceptors (Lipinski definition) is 4. The number of amides is 1. The Kier molecular flexibility index (Phi) is 7.51. The maximum atomic E-state index is 12.4. The van der Waals surface area contributed by atoms with Crippen LogP contribution in [0.4, 0.5) is 0 Å². The quantitative estimate of drug-likeness (QED) is 0.745. The van der Waals surface area contributed by atoms with Gasteiger partial charge in [0.25, 0.3) is 0 Å². The SMILES string of the molecule is CCCCN(C)C(=O)C(CC)NS(=O)(=O)c1ccc(OC)cc1. The van der Waals surface area contributed by atoms with Crippen LogP contribution in [0.25, 0.3) is 0 Å². The Morgan fingerprint density at radius 2 is 1.87 bits per heavy atom. The van der Waals surface area contributed by atoms with Crippen LogP contribution in [0.1, 0.15) is 33.1 Å². The predicted molar refractivity (Wildman–Crippen MR) is 89.9 cm³/mol. The lowest BCUT2D eigenvalue weighted by molar-refractivity contribution is -0.131. The van der Waals surface area contributed by atoms with E-state index in [0.717, 1.165) is 12.8 Å². The number of hydrogen-bond donors (Lipinski definition) is 1. The molecule has 1 amide bonds. The second kappa shape index (κ2) is 8.88. The second-order valence-electron chi connectivity index (χ2n) is 5.37. The number of ether oxygens (including phenoxy) is 1. The van der Waals surface area contributed by atoms with Crippen molar-refractivity contribution in [3.05, 3.63) is 24.3 Å². The molecule has 23 heavy (non-hydrogen) atoms. The molecule has 130 valence electrons. The smallest absolute Gasteiger partial charge is 0.241 e. The van der Waals surface area contributed by atoms with Gasteiger partial charge in [-0.3, -0.25) is 4.79 Å². The molecule has 1 aromatic rings. The van der Waals surface area contributed by atoms with Gasteiger partial charge in [0.2, 0.25) is 15.9 Å². The number of nitrogens with one attached hydrogen (secondary N) is 1. The number of unbranched alkanes of at least 4 members (excludes halogenated alkanes) is 1. The van der Waals surface area contributed by atoms with Crippen LogP contribution in [0.3, 0.4) is 0 Å². The van der Waals surface area contributed by atoms with E-state index in [4.69, 9.17) is 4.74 Å². The highest BCUT2D eigenvalue weighted by molar-refractivity contribution is 7.89. The van der Waals surface area contributed by atoms with Gasteiger partial charge in [-0.05, 0) is 37.1 Å². The van der Waals surface area contributed by atoms with E-state index in [0.29, 0.717) is 18.7 Å². The molecule has 0 radical (unpaired) electrons. The van der Waals surface area contributed by atoms with Gasteiger partial charge in [0.1, 0.15) is 11.8 Å². The minimum atomic E-state index is -3.75. The summed E-state index contributed by atoms with van der Waals surface area (Å²) in [6.07, 6.45) is 2.26. The largest absolute Gasteiger partial charge is 0.497 e. The molecule has 7 heteroatoms. The monoisotopic (exact) mass is 342 g/mol. The van der Waals surface area contributed by atoms with Crippen LogP contribution in [-0.4, -0.2) is 46.0 Å². The Morgan fingerprint density at radius 1 is 1.26 bits per heavy atom. The van der Waals surface area contributed by atoms with Gasteiger partial charge in [-0.25, -0.2) is 8.42 Å². The zero-order chi connectivity index (χ0) is 17.5. The summed E-state index contributed by atoms with van der Waals surface area (Å²) < 4.78 is 32.3. The van der Waals surface area contributed by atoms with Crippen LogP contribution in [-0.2, 0) is 14.8 Å². The van der Waals surface area contributed by atoms with Gasteiger partial charge in [0.15, 0.2) is 0 Å². The van der Waals surface area contributed by atoms with Crippen molar-refractivity contribution in [3.63, 3.8) is 0 Å². The first-order valence-electron chi connectivity index (χ1n) is 7.77. The molecule has 1 rings (SSSR count). The van der Waals surface area contributed by atoms with Crippen molar-refractivity contribution in [2.24, 2.45) is 0 Å². The summed E-state index contributed by atoms with van der Waals surface area (Å²) in [5.74, 6) is 0.365. The Balaban J connectivity index is 2.85. The number of nitrogens with zero attached hydrogens (tertiary/aromatic N) is 1. The van der Waals surface area contributed by atoms with Gasteiger partial charge >= 0.3 is 0 Å². The molecule has 0 fully saturated rings. The van der Waals surface area contributed by atoms with Crippen LogP contribution in [0.5, 0.6) is 5.75 Å². The molecule has 1 atom stereocenters. The number of sulfonamides is 1. The van der Waals surface area contributed by atoms with Crippen LogP contribution in [0.2, 0.25) is 0 Å². The molecule has 1 aromatic carbocycles. The minimum Gasteiger partial charge on any atom is -0.497 e. The minimum absolute atomic E-state index is 0.112. The van der Waals surface area contributed by atoms with Crippen molar-refractivity contribution in [3.8, 4) is 5.75 Å². The highest BCUT2D eigenvalue weighted by atomic mass is 32.2. The Hall–Kier alpha value is -1.60. The Labute approximate surface area is 138 Å². The van der Waals surface area contributed by atoms with Crippen molar-refractivity contribution < 1.29 is 17.9 Å². The average molecular weight is 342 g/mol. The number of rotatable bonds is 9. The first-order chi connectivity index (χ1) is 10.9. The molecule has 0 spiro atoms. The van der Waals surface area contributed by atoms with E-state index in [1.54, 1.807) is 31.0 Å². The van der Waals surface area contributed by atoms with E-state index in [1.807, 2.05) is 6.92 Å². The molecule has 0 saturated carbocycles. The summed E-state index contributed by atoms with van der Waals surface area (Å²) in [7, 11) is -0.538. The lowest BCUT2D eigenvalue weighted by Crippen LogP contribution is -2.47. The zero-order valence-electron chi connectivity index (χ0n) is 14.2. The second-order valence-corrected chi connectivity index (χ2v) is 7.08. The van der Waals surface area contributed by atoms with Crippen molar-refractivity contribution in [2.75, 3.05) is 20.7 Å². The molecule has 1 unspecified atom stereocenters. The van der Waals surface area contributed by atoms with Crippen molar-refractivity contribution in [1.29, 1.82) is 0 Å². The molecule has 0 aliphatic heterocycles. The first-order valence-corrected chi connectivity index (χ1v) is 9.25. The van der Waals surface area contributed by atoms with E-state index in [-0.39, 0.29) is 10.8 Å². The fourth-order valence-electron chi connectivity index (χ4n) is 2.09. The number of likely N-dealkylation sites (N-methyl/N-ethyl adjacent to an activating group) is 1. The molecular formula is C16H26N2O4S. The van der Waals surface area contributed by atoms with E-state index in [9.17, 15) is 13.2 Å². The lowest BCUT2D eigenvalue weighted by Gasteiger charge is -2.23. The Morgan fingerprint density at radius 3 is 2.35 bits per heavy atom. The normalized spacial score (nSPS) is 12.7. The van der Waals surface area contributed by atoms with Crippen molar-refractivity contribution in [1.82, 2.24) is 9.62 Å². The zero-order valence-corrected chi connectivity index (χ0v) is 15.0. The number of methoxy groups -OCH3 is 1. The van der Waals surface area contributed by atoms with Crippen LogP contribution >= 0.6 is 0 Å². The first kappa shape index (κ1) is 19.4. The molecule has 6 nitrogen and oxygen atoms in total. The summed E-state index contributed by atoms with van der Waals surface area (Å²) in [6.45, 7) is 4.45. The van der Waals surface area contributed by atoms with Gasteiger partial charge in [-0.2, -0.15) is 4.72 Å². The molecule has 1 N–H and O–H groups in total. The van der Waals surface area contributed by atoms with Crippen LogP contribution < -0.4 is 9.46 Å². The molecular weight excluding hydrogens is 316 g/mol. The molecule has 0 saturated heterocycles. The molecule has 0 bridgehead atoms. The molecule has 0 aliphatic rings. The molecule has 0 aromatic heterocycles. The standard InChI is InChI=1S/C16H26N2O4S/c1-5-7-12-18(3)16(19)15(6-2)17-23(20,21)14-10-8-13(22-4)9-11-14/h8-11,15,17H,5-7,12H2,1-4H3. The highest BCUT2D eigenvalue weighted by Crippen LogP contribution is 2.16. The van der Waals surface area contributed by atoms with E-state index >= 15 is 0 Å². The molecule has 0 aliphatic carbocycles. The van der Waals surface area contributed by atoms with Crippen LogP contribution in [0, 0.1) is 0 Å².